The van der Waals surface area contributed by atoms with E-state index < -0.39 is 6.10 Å². The number of benzene rings is 1. The van der Waals surface area contributed by atoms with Crippen molar-refractivity contribution in [2.75, 3.05) is 32.1 Å². The lowest BCUT2D eigenvalue weighted by Crippen LogP contribution is -2.46. The molecule has 2 aliphatic carbocycles. The summed E-state index contributed by atoms with van der Waals surface area (Å²) in [6.45, 7) is 1.97. The average molecular weight is 362 g/mol. The van der Waals surface area contributed by atoms with Crippen LogP contribution in [0.15, 0.2) is 30.5 Å². The maximum atomic E-state index is 12.5. The van der Waals surface area contributed by atoms with Crippen molar-refractivity contribution < 1.29 is 9.53 Å². The van der Waals surface area contributed by atoms with Crippen LogP contribution in [0.5, 0.6) is 0 Å². The highest BCUT2D eigenvalue weighted by atomic mass is 16.5. The van der Waals surface area contributed by atoms with Gasteiger partial charge in [0.05, 0.1) is 18.1 Å². The SMILES string of the molecule is CN1CCO[C@@H](C(=O)Nc2cc3cc([C@]4(C#N)CC45CC5)ccc3cn2)C1. The van der Waals surface area contributed by atoms with Crippen molar-refractivity contribution in [2.45, 2.75) is 30.8 Å². The number of ether oxygens (including phenoxy) is 1. The maximum absolute atomic E-state index is 12.5. The first kappa shape index (κ1) is 16.7. The van der Waals surface area contributed by atoms with Crippen LogP contribution in [-0.4, -0.2) is 48.6 Å². The number of aromatic nitrogens is 1. The Labute approximate surface area is 158 Å². The second-order valence-corrected chi connectivity index (χ2v) is 8.22. The number of likely N-dealkylation sites (N-methyl/N-ethyl adjacent to an activating group) is 1. The molecule has 1 saturated heterocycles. The number of rotatable bonds is 3. The molecule has 2 aromatic rings. The zero-order valence-electron chi connectivity index (χ0n) is 15.4. The van der Waals surface area contributed by atoms with Crippen LogP contribution in [0, 0.1) is 16.7 Å². The van der Waals surface area contributed by atoms with Gasteiger partial charge in [0.1, 0.15) is 11.9 Å². The monoisotopic (exact) mass is 362 g/mol. The summed E-state index contributed by atoms with van der Waals surface area (Å²) in [6.07, 6.45) is 4.58. The molecule has 6 heteroatoms. The van der Waals surface area contributed by atoms with Gasteiger partial charge in [-0.3, -0.25) is 4.79 Å². The lowest BCUT2D eigenvalue weighted by Gasteiger charge is -2.28. The first-order chi connectivity index (χ1) is 13.1. The number of nitrogens with zero attached hydrogens (tertiary/aromatic N) is 3. The first-order valence-corrected chi connectivity index (χ1v) is 9.48. The molecule has 1 aromatic heterocycles. The van der Waals surface area contributed by atoms with Crippen molar-refractivity contribution in [3.05, 3.63) is 36.0 Å². The fraction of sp³-hybridized carbons (Fsp3) is 0.476. The number of amides is 1. The third kappa shape index (κ3) is 2.61. The Kier molecular flexibility index (Phi) is 3.55. The van der Waals surface area contributed by atoms with E-state index in [1.54, 1.807) is 6.20 Å². The van der Waals surface area contributed by atoms with E-state index in [4.69, 9.17) is 4.74 Å². The van der Waals surface area contributed by atoms with Crippen molar-refractivity contribution in [2.24, 2.45) is 5.41 Å². The van der Waals surface area contributed by atoms with Gasteiger partial charge in [-0.2, -0.15) is 5.26 Å². The van der Waals surface area contributed by atoms with Gasteiger partial charge in [0, 0.05) is 24.7 Å². The molecule has 1 amide bonds. The van der Waals surface area contributed by atoms with E-state index in [0.717, 1.165) is 42.1 Å². The molecule has 0 unspecified atom stereocenters. The number of fused-ring (bicyclic) bond motifs is 1. The van der Waals surface area contributed by atoms with Crippen LogP contribution in [0.4, 0.5) is 5.82 Å². The van der Waals surface area contributed by atoms with Crippen molar-refractivity contribution in [3.63, 3.8) is 0 Å². The number of nitriles is 1. The van der Waals surface area contributed by atoms with Crippen LogP contribution in [-0.2, 0) is 14.9 Å². The van der Waals surface area contributed by atoms with E-state index in [1.807, 2.05) is 19.2 Å². The Morgan fingerprint density at radius 3 is 2.93 bits per heavy atom. The van der Waals surface area contributed by atoms with Crippen LogP contribution >= 0.6 is 0 Å². The second kappa shape index (κ2) is 5.75. The number of pyridine rings is 1. The topological polar surface area (TPSA) is 78.2 Å². The van der Waals surface area contributed by atoms with Crippen LogP contribution in [0.25, 0.3) is 10.8 Å². The van der Waals surface area contributed by atoms with E-state index in [1.165, 1.54) is 0 Å². The number of nitrogens with one attached hydrogen (secondary N) is 1. The minimum atomic E-state index is -0.476. The molecule has 3 fully saturated rings. The summed E-state index contributed by atoms with van der Waals surface area (Å²) in [5.41, 5.74) is 1.02. The molecule has 1 aromatic carbocycles. The van der Waals surface area contributed by atoms with Crippen LogP contribution in [0.1, 0.15) is 24.8 Å². The normalized spacial score (nSPS) is 28.7. The fourth-order valence-electron chi connectivity index (χ4n) is 4.47. The summed E-state index contributed by atoms with van der Waals surface area (Å²) in [6, 6.07) is 10.6. The molecule has 2 atom stereocenters. The van der Waals surface area contributed by atoms with Gasteiger partial charge >= 0.3 is 0 Å². The van der Waals surface area contributed by atoms with Crippen LogP contribution in [0.2, 0.25) is 0 Å². The molecule has 5 rings (SSSR count). The molecule has 3 aliphatic rings. The van der Waals surface area contributed by atoms with Gasteiger partial charge < -0.3 is 15.0 Å². The Bertz CT molecular complexity index is 978. The summed E-state index contributed by atoms with van der Waals surface area (Å²) < 4.78 is 5.57. The van der Waals surface area contributed by atoms with Crippen molar-refractivity contribution in [3.8, 4) is 6.07 Å². The van der Waals surface area contributed by atoms with Gasteiger partial charge in [0.25, 0.3) is 5.91 Å². The highest BCUT2D eigenvalue weighted by Crippen LogP contribution is 2.78. The van der Waals surface area contributed by atoms with Crippen LogP contribution in [0.3, 0.4) is 0 Å². The summed E-state index contributed by atoms with van der Waals surface area (Å²) >= 11 is 0. The second-order valence-electron chi connectivity index (χ2n) is 8.22. The lowest BCUT2D eigenvalue weighted by molar-refractivity contribution is -0.132. The highest BCUT2D eigenvalue weighted by Gasteiger charge is 2.75. The predicted molar refractivity (Wildman–Crippen MR) is 101 cm³/mol. The van der Waals surface area contributed by atoms with Gasteiger partial charge in [0.2, 0.25) is 0 Å². The number of morpholine rings is 1. The van der Waals surface area contributed by atoms with Crippen molar-refractivity contribution in [1.29, 1.82) is 5.26 Å². The highest BCUT2D eigenvalue weighted by molar-refractivity contribution is 5.95. The smallest absolute Gasteiger partial charge is 0.255 e. The molecule has 6 nitrogen and oxygen atoms in total. The molecular formula is C21H22N4O2. The molecule has 0 bridgehead atoms. The summed E-state index contributed by atoms with van der Waals surface area (Å²) in [4.78, 5) is 18.9. The zero-order chi connectivity index (χ0) is 18.6. The number of anilines is 1. The van der Waals surface area contributed by atoms with Crippen LogP contribution < -0.4 is 5.32 Å². The molecule has 1 N–H and O–H groups in total. The molecular weight excluding hydrogens is 340 g/mol. The summed E-state index contributed by atoms with van der Waals surface area (Å²) in [5.74, 6) is 0.349. The molecule has 27 heavy (non-hydrogen) atoms. The fourth-order valence-corrected chi connectivity index (χ4v) is 4.47. The Morgan fingerprint density at radius 2 is 2.22 bits per heavy atom. The minimum Gasteiger partial charge on any atom is -0.366 e. The Hall–Kier alpha value is -2.49. The molecule has 138 valence electrons. The standard InChI is InChI=1S/C21H22N4O2/c1-25-6-7-27-17(11-25)19(26)24-18-9-15-8-16(3-2-14(15)10-23-18)21(13-22)12-20(21)4-5-20/h2-3,8-10,17H,4-7,11-12H2,1H3,(H,23,24,26)/t17-,21-/m1/s1. The van der Waals surface area contributed by atoms with Gasteiger partial charge in [0.15, 0.2) is 0 Å². The van der Waals surface area contributed by atoms with Gasteiger partial charge in [-0.1, -0.05) is 12.1 Å². The largest absolute Gasteiger partial charge is 0.366 e. The quantitative estimate of drug-likeness (QED) is 0.907. The molecule has 2 saturated carbocycles. The average Bonchev–Trinajstić information content (AvgIpc) is 3.59. The Balaban J connectivity index is 1.40. The minimum absolute atomic E-state index is 0.169. The van der Waals surface area contributed by atoms with E-state index in [2.05, 4.69) is 33.4 Å². The van der Waals surface area contributed by atoms with E-state index in [-0.39, 0.29) is 16.7 Å². The third-order valence-corrected chi connectivity index (χ3v) is 6.46. The van der Waals surface area contributed by atoms with Gasteiger partial charge in [-0.15, -0.1) is 0 Å². The van der Waals surface area contributed by atoms with E-state index in [0.29, 0.717) is 19.0 Å². The van der Waals surface area contributed by atoms with Gasteiger partial charge in [-0.05, 0) is 54.8 Å². The number of carbonyl (C=O) groups excluding carboxylic acids is 1. The van der Waals surface area contributed by atoms with Gasteiger partial charge in [-0.25, -0.2) is 4.98 Å². The third-order valence-electron chi connectivity index (χ3n) is 6.46. The molecule has 1 aliphatic heterocycles. The van der Waals surface area contributed by atoms with Crippen molar-refractivity contribution in [1.82, 2.24) is 9.88 Å². The summed E-state index contributed by atoms with van der Waals surface area (Å²) in [5, 5.41) is 14.6. The van der Waals surface area contributed by atoms with Crippen molar-refractivity contribution >= 4 is 22.5 Å². The molecule has 1 spiro atoms. The number of hydrogen-bond donors (Lipinski definition) is 1. The van der Waals surface area contributed by atoms with E-state index >= 15 is 0 Å². The first-order valence-electron chi connectivity index (χ1n) is 9.48. The predicted octanol–water partition coefficient (Wildman–Crippen LogP) is 2.45. The lowest BCUT2D eigenvalue weighted by atomic mass is 9.92. The number of carbonyl (C=O) groups is 1. The molecule has 2 heterocycles. The summed E-state index contributed by atoms with van der Waals surface area (Å²) in [7, 11) is 1.98. The molecule has 0 radical (unpaired) electrons. The maximum Gasteiger partial charge on any atom is 0.255 e. The zero-order valence-corrected chi connectivity index (χ0v) is 15.4. The number of hydrogen-bond acceptors (Lipinski definition) is 5. The Morgan fingerprint density at radius 1 is 1.37 bits per heavy atom. The van der Waals surface area contributed by atoms with E-state index in [9.17, 15) is 10.1 Å².